The van der Waals surface area contributed by atoms with Crippen molar-refractivity contribution in [2.24, 2.45) is 11.8 Å². The Hall–Kier alpha value is -1.88. The number of imide groups is 1. The highest BCUT2D eigenvalue weighted by Gasteiger charge is 2.47. The fourth-order valence-corrected chi connectivity index (χ4v) is 3.53. The van der Waals surface area contributed by atoms with Crippen LogP contribution in [0.25, 0.3) is 0 Å². The SMILES string of the molecule is O=C(CCN1C(=O)[C@@H]2CCCC[C@H]2C1=O)Oc1ccccc1Cl. The smallest absolute Gasteiger partial charge is 0.313 e. The number of halogens is 1. The van der Waals surface area contributed by atoms with Crippen LogP contribution in [0.1, 0.15) is 32.1 Å². The fraction of sp³-hybridized carbons (Fsp3) is 0.471. The Labute approximate surface area is 139 Å². The van der Waals surface area contributed by atoms with Gasteiger partial charge < -0.3 is 4.74 Å². The average molecular weight is 336 g/mol. The number of amides is 2. The van der Waals surface area contributed by atoms with Gasteiger partial charge in [-0.05, 0) is 25.0 Å². The van der Waals surface area contributed by atoms with Gasteiger partial charge in [0.1, 0.15) is 5.75 Å². The molecule has 0 bridgehead atoms. The van der Waals surface area contributed by atoms with Crippen LogP contribution in [-0.4, -0.2) is 29.2 Å². The van der Waals surface area contributed by atoms with E-state index in [0.29, 0.717) is 5.02 Å². The quantitative estimate of drug-likeness (QED) is 0.482. The number of carbonyl (C=O) groups is 3. The molecule has 0 aromatic heterocycles. The van der Waals surface area contributed by atoms with Gasteiger partial charge in [-0.2, -0.15) is 0 Å². The minimum absolute atomic E-state index is 0.0257. The van der Waals surface area contributed by atoms with E-state index in [2.05, 4.69) is 0 Å². The molecular formula is C17H18ClNO4. The summed E-state index contributed by atoms with van der Waals surface area (Å²) in [5.41, 5.74) is 0. The predicted octanol–water partition coefficient (Wildman–Crippen LogP) is 2.81. The molecule has 2 aliphatic rings. The maximum Gasteiger partial charge on any atom is 0.313 e. The van der Waals surface area contributed by atoms with E-state index in [9.17, 15) is 14.4 Å². The minimum Gasteiger partial charge on any atom is -0.425 e. The summed E-state index contributed by atoms with van der Waals surface area (Å²) in [5.74, 6) is -0.859. The first-order chi connectivity index (χ1) is 11.1. The van der Waals surface area contributed by atoms with Gasteiger partial charge >= 0.3 is 5.97 Å². The van der Waals surface area contributed by atoms with Crippen LogP contribution in [-0.2, 0) is 14.4 Å². The average Bonchev–Trinajstić information content (AvgIpc) is 2.80. The summed E-state index contributed by atoms with van der Waals surface area (Å²) in [6.45, 7) is 0.0773. The lowest BCUT2D eigenvalue weighted by Gasteiger charge is -2.19. The van der Waals surface area contributed by atoms with E-state index in [-0.39, 0.29) is 42.4 Å². The van der Waals surface area contributed by atoms with E-state index in [0.717, 1.165) is 25.7 Å². The van der Waals surface area contributed by atoms with Crippen LogP contribution in [0.5, 0.6) is 5.75 Å². The number of nitrogens with zero attached hydrogens (tertiary/aromatic N) is 1. The fourth-order valence-electron chi connectivity index (χ4n) is 3.36. The third-order valence-electron chi connectivity index (χ3n) is 4.53. The second-order valence-electron chi connectivity index (χ2n) is 5.98. The molecule has 0 radical (unpaired) electrons. The Kier molecular flexibility index (Phi) is 4.66. The number of para-hydroxylation sites is 1. The van der Waals surface area contributed by atoms with Gasteiger partial charge in [0, 0.05) is 6.54 Å². The third kappa shape index (κ3) is 3.24. The van der Waals surface area contributed by atoms with E-state index in [1.807, 2.05) is 0 Å². The van der Waals surface area contributed by atoms with Crippen molar-refractivity contribution in [1.29, 1.82) is 0 Å². The first kappa shape index (κ1) is 16.0. The number of ether oxygens (including phenoxy) is 1. The number of fused-ring (bicyclic) bond motifs is 1. The van der Waals surface area contributed by atoms with Crippen molar-refractivity contribution in [3.8, 4) is 5.75 Å². The molecule has 1 saturated carbocycles. The lowest BCUT2D eigenvalue weighted by molar-refractivity contribution is -0.141. The summed E-state index contributed by atoms with van der Waals surface area (Å²) >= 11 is 5.93. The summed E-state index contributed by atoms with van der Waals surface area (Å²) in [4.78, 5) is 37.8. The summed E-state index contributed by atoms with van der Waals surface area (Å²) in [7, 11) is 0. The molecule has 2 fully saturated rings. The molecule has 1 heterocycles. The third-order valence-corrected chi connectivity index (χ3v) is 4.84. The first-order valence-corrected chi connectivity index (χ1v) is 8.26. The first-order valence-electron chi connectivity index (χ1n) is 7.88. The molecule has 122 valence electrons. The molecule has 1 aliphatic heterocycles. The molecule has 2 atom stereocenters. The highest BCUT2D eigenvalue weighted by molar-refractivity contribution is 6.32. The number of rotatable bonds is 4. The van der Waals surface area contributed by atoms with Crippen molar-refractivity contribution in [1.82, 2.24) is 4.90 Å². The maximum atomic E-state index is 12.3. The molecule has 0 unspecified atom stereocenters. The monoisotopic (exact) mass is 335 g/mol. The number of hydrogen-bond donors (Lipinski definition) is 0. The van der Waals surface area contributed by atoms with Crippen LogP contribution in [0, 0.1) is 11.8 Å². The van der Waals surface area contributed by atoms with Crippen molar-refractivity contribution >= 4 is 29.4 Å². The molecule has 1 saturated heterocycles. The van der Waals surface area contributed by atoms with Crippen molar-refractivity contribution in [2.75, 3.05) is 6.54 Å². The number of carbonyl (C=O) groups excluding carboxylic acids is 3. The summed E-state index contributed by atoms with van der Waals surface area (Å²) in [5, 5.41) is 0.347. The van der Waals surface area contributed by atoms with Crippen LogP contribution >= 0.6 is 11.6 Å². The van der Waals surface area contributed by atoms with Crippen LogP contribution in [0.4, 0.5) is 0 Å². The van der Waals surface area contributed by atoms with Crippen molar-refractivity contribution < 1.29 is 19.1 Å². The van der Waals surface area contributed by atoms with E-state index in [4.69, 9.17) is 16.3 Å². The van der Waals surface area contributed by atoms with Crippen LogP contribution < -0.4 is 4.74 Å². The van der Waals surface area contributed by atoms with Gasteiger partial charge in [0.15, 0.2) is 0 Å². The highest BCUT2D eigenvalue weighted by atomic mass is 35.5. The van der Waals surface area contributed by atoms with Crippen LogP contribution in [0.2, 0.25) is 5.02 Å². The zero-order valence-corrected chi connectivity index (χ0v) is 13.4. The lowest BCUT2D eigenvalue weighted by Crippen LogP contribution is -2.33. The highest BCUT2D eigenvalue weighted by Crippen LogP contribution is 2.38. The molecule has 1 aromatic rings. The van der Waals surface area contributed by atoms with Gasteiger partial charge in [0.25, 0.3) is 0 Å². The zero-order chi connectivity index (χ0) is 16.4. The second-order valence-corrected chi connectivity index (χ2v) is 6.39. The topological polar surface area (TPSA) is 63.7 Å². The molecule has 0 N–H and O–H groups in total. The summed E-state index contributed by atoms with van der Waals surface area (Å²) in [6.07, 6.45) is 3.50. The Balaban J connectivity index is 1.58. The van der Waals surface area contributed by atoms with Crippen LogP contribution in [0.3, 0.4) is 0 Å². The normalized spacial score (nSPS) is 23.8. The Bertz CT molecular complexity index is 621. The largest absolute Gasteiger partial charge is 0.425 e. The summed E-state index contributed by atoms with van der Waals surface area (Å²) < 4.78 is 5.17. The number of benzene rings is 1. The zero-order valence-electron chi connectivity index (χ0n) is 12.7. The molecule has 2 amide bonds. The van der Waals surface area contributed by atoms with E-state index in [1.54, 1.807) is 24.3 Å². The predicted molar refractivity (Wildman–Crippen MR) is 83.9 cm³/mol. The number of hydrogen-bond acceptors (Lipinski definition) is 4. The van der Waals surface area contributed by atoms with Gasteiger partial charge in [-0.3, -0.25) is 19.3 Å². The van der Waals surface area contributed by atoms with Crippen molar-refractivity contribution in [3.05, 3.63) is 29.3 Å². The van der Waals surface area contributed by atoms with E-state index >= 15 is 0 Å². The molecule has 1 aliphatic carbocycles. The van der Waals surface area contributed by atoms with Gasteiger partial charge in [0.05, 0.1) is 23.3 Å². The lowest BCUT2D eigenvalue weighted by atomic mass is 9.81. The van der Waals surface area contributed by atoms with E-state index in [1.165, 1.54) is 4.90 Å². The minimum atomic E-state index is -0.506. The second kappa shape index (κ2) is 6.71. The van der Waals surface area contributed by atoms with Gasteiger partial charge in [0.2, 0.25) is 11.8 Å². The molecule has 5 nitrogen and oxygen atoms in total. The standard InChI is InChI=1S/C17H18ClNO4/c18-13-7-3-4-8-14(13)23-15(20)9-10-19-16(21)11-5-1-2-6-12(11)17(19)22/h3-4,7-8,11-12H,1-2,5-6,9-10H2/t11-,12-/m1/s1. The Morgan fingerprint density at radius 3 is 2.35 bits per heavy atom. The maximum absolute atomic E-state index is 12.3. The Morgan fingerprint density at radius 2 is 1.74 bits per heavy atom. The molecular weight excluding hydrogens is 318 g/mol. The molecule has 1 aromatic carbocycles. The molecule has 0 spiro atoms. The van der Waals surface area contributed by atoms with Crippen LogP contribution in [0.15, 0.2) is 24.3 Å². The number of likely N-dealkylation sites (tertiary alicyclic amines) is 1. The van der Waals surface area contributed by atoms with Gasteiger partial charge in [-0.15, -0.1) is 0 Å². The molecule has 6 heteroatoms. The van der Waals surface area contributed by atoms with Crippen molar-refractivity contribution in [3.63, 3.8) is 0 Å². The number of esters is 1. The molecule has 23 heavy (non-hydrogen) atoms. The van der Waals surface area contributed by atoms with Crippen molar-refractivity contribution in [2.45, 2.75) is 32.1 Å². The summed E-state index contributed by atoms with van der Waals surface area (Å²) in [6, 6.07) is 6.68. The van der Waals surface area contributed by atoms with E-state index < -0.39 is 5.97 Å². The van der Waals surface area contributed by atoms with Gasteiger partial charge in [-0.25, -0.2) is 0 Å². The molecule has 3 rings (SSSR count). The van der Waals surface area contributed by atoms with Gasteiger partial charge in [-0.1, -0.05) is 36.6 Å². The Morgan fingerprint density at radius 1 is 1.13 bits per heavy atom.